The summed E-state index contributed by atoms with van der Waals surface area (Å²) in [5.74, 6) is 0. The number of hydrogen-bond donors (Lipinski definition) is 0. The molecule has 0 aliphatic carbocycles. The van der Waals surface area contributed by atoms with Crippen LogP contribution in [0, 0.1) is 0 Å². The van der Waals surface area contributed by atoms with Crippen molar-refractivity contribution in [2.24, 2.45) is 0 Å². The first kappa shape index (κ1) is 8.99. The molecule has 0 N–H and O–H groups in total. The van der Waals surface area contributed by atoms with Gasteiger partial charge in [-0.3, -0.25) is 0 Å². The molecule has 0 bridgehead atoms. The minimum Gasteiger partial charge on any atom is -0.887 e. The van der Waals surface area contributed by atoms with Gasteiger partial charge in [0.2, 0.25) is 0 Å². The third-order valence-electron chi connectivity index (χ3n) is 0. The summed E-state index contributed by atoms with van der Waals surface area (Å²) in [6.07, 6.45) is 0. The Morgan fingerprint density at radius 1 is 1.80 bits per heavy atom. The zero-order valence-electron chi connectivity index (χ0n) is 2.43. The minimum atomic E-state index is -0.667. The van der Waals surface area contributed by atoms with E-state index in [1.54, 1.807) is 0 Å². The molecule has 0 fully saturated rings. The van der Waals surface area contributed by atoms with Gasteiger partial charge in [0.05, 0.1) is 0 Å². The van der Waals surface area contributed by atoms with E-state index in [1.165, 1.54) is 0 Å². The zero-order valence-corrected chi connectivity index (χ0v) is 4.06. The summed E-state index contributed by atoms with van der Waals surface area (Å²) in [4.78, 5) is 0. The standard InChI is InChI=1S/CH2OS2.Be/c2-1(3)4;/h(H2,2,3,4);/q;+2/p-2. The van der Waals surface area contributed by atoms with Crippen LogP contribution < -0.4 is 5.11 Å². The molecule has 0 saturated heterocycles. The van der Waals surface area contributed by atoms with Gasteiger partial charge >= 0.3 is 10.1 Å². The van der Waals surface area contributed by atoms with E-state index >= 15 is 0 Å². The maximum Gasteiger partial charge on any atom is 2.00 e. The van der Waals surface area contributed by atoms with Gasteiger partial charge in [0.25, 0.3) is 0 Å². The summed E-state index contributed by atoms with van der Waals surface area (Å²) in [5, 5.41) is 9.07. The van der Waals surface area contributed by atoms with Gasteiger partial charge < -0.3 is 30.0 Å². The minimum absolute atomic E-state index is 0. The molecular weight excluding hydrogens is 101 g/mol. The maximum atomic E-state index is 9.07. The molecule has 4 heteroatoms. The predicted octanol–water partition coefficient (Wildman–Crippen LogP) is -1.20. The van der Waals surface area contributed by atoms with Crippen LogP contribution in [0.3, 0.4) is 0 Å². The fourth-order valence-electron chi connectivity index (χ4n) is 0. The van der Waals surface area contributed by atoms with Gasteiger partial charge in [-0.1, -0.05) is 0 Å². The average Bonchev–Trinajstić information content (AvgIpc) is 0.811. The van der Waals surface area contributed by atoms with Crippen molar-refractivity contribution in [3.63, 3.8) is 0 Å². The van der Waals surface area contributed by atoms with Gasteiger partial charge in [-0.25, -0.2) is 4.38 Å². The molecule has 0 aromatic carbocycles. The van der Waals surface area contributed by atoms with E-state index in [0.717, 1.165) is 0 Å². The van der Waals surface area contributed by atoms with Crippen LogP contribution in [0.1, 0.15) is 0 Å². The Morgan fingerprint density at radius 2 is 1.80 bits per heavy atom. The van der Waals surface area contributed by atoms with E-state index in [0.29, 0.717) is 0 Å². The van der Waals surface area contributed by atoms with E-state index in [-0.39, 0.29) is 10.1 Å². The smallest absolute Gasteiger partial charge is 0.887 e. The third kappa shape index (κ3) is 286. The van der Waals surface area contributed by atoms with Gasteiger partial charge in [0.1, 0.15) is 0 Å². The number of thiocarbonyl (C=S) groups is 1. The molecule has 0 spiro atoms. The first-order valence-electron chi connectivity index (χ1n) is 0.612. The van der Waals surface area contributed by atoms with E-state index in [9.17, 15) is 0 Å². The van der Waals surface area contributed by atoms with Crippen LogP contribution in [0.5, 0.6) is 0 Å². The van der Waals surface area contributed by atoms with Gasteiger partial charge in [0.15, 0.2) is 0 Å². The molecule has 0 aliphatic rings. The van der Waals surface area contributed by atoms with Crippen LogP contribution in [0.25, 0.3) is 0 Å². The predicted molar refractivity (Wildman–Crippen MR) is 25.7 cm³/mol. The second kappa shape index (κ2) is 4.28. The Bertz CT molecular complexity index is 32.6. The molecule has 0 heterocycles. The molecular formula is CBeOS2. The van der Waals surface area contributed by atoms with Crippen LogP contribution in [-0.2, 0) is 12.6 Å². The van der Waals surface area contributed by atoms with Crippen LogP contribution >= 0.6 is 12.2 Å². The summed E-state index contributed by atoms with van der Waals surface area (Å²) < 4.78 is -0.667. The maximum absolute atomic E-state index is 9.07. The monoisotopic (exact) mass is 101 g/mol. The van der Waals surface area contributed by atoms with E-state index in [1.807, 2.05) is 0 Å². The fourth-order valence-corrected chi connectivity index (χ4v) is 0. The van der Waals surface area contributed by atoms with E-state index in [2.05, 4.69) is 24.8 Å². The molecule has 0 aromatic heterocycles. The van der Waals surface area contributed by atoms with Crippen LogP contribution in [0.2, 0.25) is 0 Å². The Morgan fingerprint density at radius 3 is 1.80 bits per heavy atom. The first-order valence-corrected chi connectivity index (χ1v) is 1.43. The van der Waals surface area contributed by atoms with Crippen LogP contribution in [-0.4, -0.2) is 14.5 Å². The van der Waals surface area contributed by atoms with Crippen molar-refractivity contribution in [1.82, 2.24) is 0 Å². The van der Waals surface area contributed by atoms with Gasteiger partial charge in [-0.2, -0.15) is 0 Å². The molecule has 1 nitrogen and oxygen atoms in total. The van der Waals surface area contributed by atoms with Crippen molar-refractivity contribution in [1.29, 1.82) is 0 Å². The fraction of sp³-hybridized carbons (Fsp3) is 0. The first-order chi connectivity index (χ1) is 1.73. The summed E-state index contributed by atoms with van der Waals surface area (Å²) in [6, 6.07) is 0. The molecule has 0 aliphatic heterocycles. The zero-order chi connectivity index (χ0) is 3.58. The molecule has 0 saturated carbocycles. The molecule has 0 atom stereocenters. The van der Waals surface area contributed by atoms with Gasteiger partial charge in [-0.05, 0) is 0 Å². The van der Waals surface area contributed by atoms with E-state index < -0.39 is 4.38 Å². The molecule has 0 aromatic rings. The topological polar surface area (TPSA) is 23.1 Å². The molecule has 24 valence electrons. The Balaban J connectivity index is 0. The van der Waals surface area contributed by atoms with Crippen molar-refractivity contribution in [3.8, 4) is 0 Å². The Labute approximate surface area is 45.0 Å². The Kier molecular flexibility index (Phi) is 7.69. The van der Waals surface area contributed by atoms with Crippen molar-refractivity contribution < 1.29 is 5.11 Å². The summed E-state index contributed by atoms with van der Waals surface area (Å²) >= 11 is 7.59. The quantitative estimate of drug-likeness (QED) is 0.217. The van der Waals surface area contributed by atoms with Crippen molar-refractivity contribution in [2.45, 2.75) is 0 Å². The second-order valence-corrected chi connectivity index (χ2v) is 1.25. The van der Waals surface area contributed by atoms with Gasteiger partial charge in [0, 0.05) is 0 Å². The van der Waals surface area contributed by atoms with Crippen LogP contribution in [0.4, 0.5) is 0 Å². The largest absolute Gasteiger partial charge is 2.00 e. The summed E-state index contributed by atoms with van der Waals surface area (Å²) in [6.45, 7) is 0. The summed E-state index contributed by atoms with van der Waals surface area (Å²) in [7, 11) is 0. The van der Waals surface area contributed by atoms with Crippen molar-refractivity contribution in [2.75, 3.05) is 0 Å². The van der Waals surface area contributed by atoms with Gasteiger partial charge in [-0.15, -0.1) is 0 Å². The molecule has 5 heavy (non-hydrogen) atoms. The molecule has 0 unspecified atom stereocenters. The normalized spacial score (nSPS) is 4.80. The van der Waals surface area contributed by atoms with Crippen molar-refractivity contribution in [3.05, 3.63) is 0 Å². The number of hydrogen-bond acceptors (Lipinski definition) is 3. The second-order valence-electron chi connectivity index (χ2n) is 0.250. The Hall–Kier alpha value is 0.279. The molecule has 0 rings (SSSR count). The number of rotatable bonds is 0. The molecule has 0 radical (unpaired) electrons. The average molecular weight is 101 g/mol. The molecule has 0 amide bonds. The SMILES string of the molecule is [Be+2].[O-]C(=S)[S-]. The van der Waals surface area contributed by atoms with Crippen molar-refractivity contribution >= 4 is 39.4 Å². The third-order valence-corrected chi connectivity index (χ3v) is 0. The van der Waals surface area contributed by atoms with E-state index in [4.69, 9.17) is 5.11 Å². The summed E-state index contributed by atoms with van der Waals surface area (Å²) in [5.41, 5.74) is 0. The van der Waals surface area contributed by atoms with Crippen LogP contribution in [0.15, 0.2) is 0 Å².